The highest BCUT2D eigenvalue weighted by molar-refractivity contribution is 6.79. The van der Waals surface area contributed by atoms with Gasteiger partial charge in [-0.2, -0.15) is 0 Å². The van der Waals surface area contributed by atoms with Gasteiger partial charge in [-0.15, -0.1) is 0 Å². The minimum absolute atomic E-state index is 0.178. The normalized spacial score (nSPS) is 10.9. The zero-order valence-corrected chi connectivity index (χ0v) is 4.47. The summed E-state index contributed by atoms with van der Waals surface area (Å²) in [6, 6.07) is 0. The quantitative estimate of drug-likeness (QED) is 0.301. The van der Waals surface area contributed by atoms with E-state index in [4.69, 9.17) is 11.6 Å². The van der Waals surface area contributed by atoms with Crippen molar-refractivity contribution >= 4 is 23.1 Å². The summed E-state index contributed by atoms with van der Waals surface area (Å²) in [5.74, 6) is 0. The van der Waals surface area contributed by atoms with E-state index in [1.165, 1.54) is 7.11 Å². The van der Waals surface area contributed by atoms with Crippen molar-refractivity contribution in [2.24, 2.45) is 5.16 Å². The van der Waals surface area contributed by atoms with Crippen LogP contribution in [0.5, 0.6) is 0 Å². The van der Waals surface area contributed by atoms with Gasteiger partial charge in [0.05, 0.1) is 0 Å². The van der Waals surface area contributed by atoms with Crippen LogP contribution in [0.2, 0.25) is 0 Å². The Morgan fingerprint density at radius 1 is 2.00 bits per heavy atom. The van der Waals surface area contributed by atoms with E-state index in [0.717, 1.165) is 0 Å². The van der Waals surface area contributed by atoms with Crippen LogP contribution < -0.4 is 0 Å². The molecule has 0 spiro atoms. The summed E-state index contributed by atoms with van der Waals surface area (Å²) in [4.78, 5) is 13.7. The Labute approximate surface area is 45.9 Å². The van der Waals surface area contributed by atoms with Crippen molar-refractivity contribution in [3.63, 3.8) is 0 Å². The predicted molar refractivity (Wildman–Crippen MR) is 26.4 cm³/mol. The molecule has 0 heterocycles. The van der Waals surface area contributed by atoms with E-state index in [-0.39, 0.29) is 5.17 Å². The Kier molecular flexibility index (Phi) is 3.32. The SMILES string of the molecule is CO/N=C(\Cl)C=O. The molecule has 0 saturated carbocycles. The molecule has 40 valence electrons. The summed E-state index contributed by atoms with van der Waals surface area (Å²) < 4.78 is 0. The number of carbonyl (C=O) groups excluding carboxylic acids is 1. The van der Waals surface area contributed by atoms with Crippen LogP contribution in [-0.4, -0.2) is 18.6 Å². The zero-order chi connectivity index (χ0) is 5.70. The molecule has 0 fully saturated rings. The van der Waals surface area contributed by atoms with Gasteiger partial charge in [-0.1, -0.05) is 16.8 Å². The molecule has 0 atom stereocenters. The van der Waals surface area contributed by atoms with E-state index in [1.807, 2.05) is 0 Å². The Morgan fingerprint density at radius 3 is 2.71 bits per heavy atom. The molecule has 0 aliphatic carbocycles. The highest BCUT2D eigenvalue weighted by Crippen LogP contribution is 1.78. The molecule has 0 aliphatic rings. The van der Waals surface area contributed by atoms with Gasteiger partial charge in [-0.3, -0.25) is 4.79 Å². The first-order valence-electron chi connectivity index (χ1n) is 1.53. The third-order valence-corrected chi connectivity index (χ3v) is 0.434. The molecule has 0 unspecified atom stereocenters. The van der Waals surface area contributed by atoms with Crippen molar-refractivity contribution in [3.8, 4) is 0 Å². The highest BCUT2D eigenvalue weighted by atomic mass is 35.5. The van der Waals surface area contributed by atoms with E-state index in [0.29, 0.717) is 6.29 Å². The van der Waals surface area contributed by atoms with E-state index >= 15 is 0 Å². The Morgan fingerprint density at radius 2 is 2.57 bits per heavy atom. The fourth-order valence-electron chi connectivity index (χ4n) is 0.109. The number of carbonyl (C=O) groups is 1. The first-order chi connectivity index (χ1) is 3.31. The van der Waals surface area contributed by atoms with Crippen molar-refractivity contribution in [1.82, 2.24) is 0 Å². The number of hydrogen-bond acceptors (Lipinski definition) is 3. The minimum Gasteiger partial charge on any atom is -0.398 e. The summed E-state index contributed by atoms with van der Waals surface area (Å²) in [5, 5.41) is 2.88. The second-order valence-electron chi connectivity index (χ2n) is 0.714. The Balaban J connectivity index is 3.49. The van der Waals surface area contributed by atoms with E-state index in [2.05, 4.69) is 9.99 Å². The average Bonchev–Trinajstić information content (AvgIpc) is 1.68. The van der Waals surface area contributed by atoms with Gasteiger partial charge in [0.15, 0.2) is 6.29 Å². The molecule has 0 saturated heterocycles. The van der Waals surface area contributed by atoms with Crippen LogP contribution >= 0.6 is 11.6 Å². The molecule has 0 aromatic rings. The third kappa shape index (κ3) is 3.26. The van der Waals surface area contributed by atoms with Crippen LogP contribution in [0, 0.1) is 0 Å². The number of hydrogen-bond donors (Lipinski definition) is 0. The lowest BCUT2D eigenvalue weighted by molar-refractivity contribution is -0.102. The molecule has 0 aromatic heterocycles. The van der Waals surface area contributed by atoms with Gasteiger partial charge >= 0.3 is 0 Å². The zero-order valence-electron chi connectivity index (χ0n) is 3.72. The van der Waals surface area contributed by atoms with E-state index in [1.54, 1.807) is 0 Å². The summed E-state index contributed by atoms with van der Waals surface area (Å²) >= 11 is 5.02. The molecular formula is C3H4ClNO2. The molecule has 0 radical (unpaired) electrons. The van der Waals surface area contributed by atoms with Gasteiger partial charge in [0.1, 0.15) is 7.11 Å². The maximum atomic E-state index is 9.55. The van der Waals surface area contributed by atoms with Gasteiger partial charge in [0, 0.05) is 0 Å². The summed E-state index contributed by atoms with van der Waals surface area (Å²) in [5.41, 5.74) is 0. The predicted octanol–water partition coefficient (Wildman–Crippen LogP) is 0.384. The second kappa shape index (κ2) is 3.61. The van der Waals surface area contributed by atoms with Gasteiger partial charge < -0.3 is 4.84 Å². The summed E-state index contributed by atoms with van der Waals surface area (Å²) in [6.07, 6.45) is 0.394. The van der Waals surface area contributed by atoms with Crippen LogP contribution in [0.4, 0.5) is 0 Å². The standard InChI is InChI=1S/C3H4ClNO2/c1-7-5-3(4)2-6/h2H,1H3/b5-3-. The highest BCUT2D eigenvalue weighted by Gasteiger charge is 1.83. The van der Waals surface area contributed by atoms with Gasteiger partial charge in [0.2, 0.25) is 5.17 Å². The van der Waals surface area contributed by atoms with Crippen LogP contribution in [0.1, 0.15) is 0 Å². The van der Waals surface area contributed by atoms with Crippen LogP contribution in [0.15, 0.2) is 5.16 Å². The third-order valence-electron chi connectivity index (χ3n) is 0.276. The van der Waals surface area contributed by atoms with Crippen LogP contribution in [0.3, 0.4) is 0 Å². The number of nitrogens with zero attached hydrogens (tertiary/aromatic N) is 1. The molecule has 0 amide bonds. The van der Waals surface area contributed by atoms with Gasteiger partial charge in [-0.25, -0.2) is 0 Å². The van der Waals surface area contributed by atoms with Gasteiger partial charge in [0.25, 0.3) is 0 Å². The number of oxime groups is 1. The van der Waals surface area contributed by atoms with Gasteiger partial charge in [-0.05, 0) is 0 Å². The molecule has 0 N–H and O–H groups in total. The molecular weight excluding hydrogens is 117 g/mol. The lowest BCUT2D eigenvalue weighted by Crippen LogP contribution is -1.86. The number of halogens is 1. The minimum atomic E-state index is -0.178. The maximum absolute atomic E-state index is 9.55. The summed E-state index contributed by atoms with van der Waals surface area (Å²) in [7, 11) is 1.31. The lowest BCUT2D eigenvalue weighted by Gasteiger charge is -1.80. The lowest BCUT2D eigenvalue weighted by atomic mass is 10.9. The Bertz CT molecular complexity index is 90.9. The largest absolute Gasteiger partial charge is 0.398 e. The van der Waals surface area contributed by atoms with Crippen molar-refractivity contribution in [3.05, 3.63) is 0 Å². The molecule has 0 aromatic carbocycles. The monoisotopic (exact) mass is 121 g/mol. The smallest absolute Gasteiger partial charge is 0.208 e. The van der Waals surface area contributed by atoms with E-state index < -0.39 is 0 Å². The Hall–Kier alpha value is -0.570. The van der Waals surface area contributed by atoms with Crippen LogP contribution in [0.25, 0.3) is 0 Å². The van der Waals surface area contributed by atoms with Crippen molar-refractivity contribution in [2.75, 3.05) is 7.11 Å². The maximum Gasteiger partial charge on any atom is 0.208 e. The van der Waals surface area contributed by atoms with E-state index in [9.17, 15) is 4.79 Å². The molecule has 4 heteroatoms. The first-order valence-corrected chi connectivity index (χ1v) is 1.91. The molecule has 3 nitrogen and oxygen atoms in total. The second-order valence-corrected chi connectivity index (χ2v) is 1.10. The van der Waals surface area contributed by atoms with Crippen LogP contribution in [-0.2, 0) is 9.63 Å². The first kappa shape index (κ1) is 6.43. The molecule has 0 bridgehead atoms. The molecule has 0 rings (SSSR count). The van der Waals surface area contributed by atoms with Crippen molar-refractivity contribution in [1.29, 1.82) is 0 Å². The van der Waals surface area contributed by atoms with Crippen molar-refractivity contribution < 1.29 is 9.63 Å². The van der Waals surface area contributed by atoms with Crippen molar-refractivity contribution in [2.45, 2.75) is 0 Å². The topological polar surface area (TPSA) is 38.7 Å². The molecule has 7 heavy (non-hydrogen) atoms. The number of aldehydes is 1. The summed E-state index contributed by atoms with van der Waals surface area (Å²) in [6.45, 7) is 0. The fraction of sp³-hybridized carbons (Fsp3) is 0.333. The molecule has 0 aliphatic heterocycles. The average molecular weight is 122 g/mol. The number of rotatable bonds is 2. The fourth-order valence-corrected chi connectivity index (χ4v) is 0.178.